The summed E-state index contributed by atoms with van der Waals surface area (Å²) in [5, 5.41) is 0. The molecule has 0 fully saturated rings. The van der Waals surface area contributed by atoms with Gasteiger partial charge in [-0.3, -0.25) is 0 Å². The zero-order chi connectivity index (χ0) is 6.41. The molecule has 0 aromatic rings. The summed E-state index contributed by atoms with van der Waals surface area (Å²) < 4.78 is 0. The van der Waals surface area contributed by atoms with Crippen LogP contribution in [0.1, 0.15) is 13.8 Å². The van der Waals surface area contributed by atoms with E-state index in [-0.39, 0.29) is 0 Å². The number of nitrogens with two attached hydrogens (primary N) is 1. The zero-order valence-corrected chi connectivity index (χ0v) is 6.50. The zero-order valence-electron chi connectivity index (χ0n) is 5.68. The average molecular weight is 133 g/mol. The van der Waals surface area contributed by atoms with Crippen molar-refractivity contribution in [3.8, 4) is 0 Å². The Labute approximate surface area is 56.0 Å². The van der Waals surface area contributed by atoms with Gasteiger partial charge in [-0.05, 0) is 11.7 Å². The summed E-state index contributed by atoms with van der Waals surface area (Å²) in [5.74, 6) is 3.17. The van der Waals surface area contributed by atoms with Gasteiger partial charge in [0.05, 0.1) is 0 Å². The van der Waals surface area contributed by atoms with E-state index in [2.05, 4.69) is 13.8 Å². The number of hydrogen-bond donors (Lipinski definition) is 1. The first-order valence-electron chi connectivity index (χ1n) is 3.05. The molecule has 0 spiro atoms. The molecule has 0 saturated carbocycles. The van der Waals surface area contributed by atoms with Crippen LogP contribution >= 0.6 is 11.8 Å². The van der Waals surface area contributed by atoms with E-state index in [0.717, 1.165) is 18.2 Å². The third-order valence-corrected chi connectivity index (χ3v) is 2.14. The van der Waals surface area contributed by atoms with Crippen LogP contribution in [-0.4, -0.2) is 18.1 Å². The van der Waals surface area contributed by atoms with Crippen molar-refractivity contribution in [3.05, 3.63) is 0 Å². The predicted octanol–water partition coefficient (Wildman–Crippen LogP) is 1.33. The van der Waals surface area contributed by atoms with Gasteiger partial charge in [-0.25, -0.2) is 0 Å². The standard InChI is InChI=1S/C6H15NS/c1-6(2)5-8-4-3-7/h6H,3-5,7H2,1-2H3. The summed E-state index contributed by atoms with van der Waals surface area (Å²) >= 11 is 1.94. The molecule has 0 saturated heterocycles. The Morgan fingerprint density at radius 3 is 2.50 bits per heavy atom. The molecule has 0 radical (unpaired) electrons. The van der Waals surface area contributed by atoms with Gasteiger partial charge in [0.25, 0.3) is 0 Å². The van der Waals surface area contributed by atoms with E-state index in [1.165, 1.54) is 5.75 Å². The molecule has 50 valence electrons. The van der Waals surface area contributed by atoms with Crippen LogP contribution in [-0.2, 0) is 0 Å². The van der Waals surface area contributed by atoms with E-state index in [0.29, 0.717) is 0 Å². The van der Waals surface area contributed by atoms with Gasteiger partial charge in [0, 0.05) is 12.3 Å². The molecule has 2 heteroatoms. The Morgan fingerprint density at radius 2 is 2.12 bits per heavy atom. The van der Waals surface area contributed by atoms with Crippen molar-refractivity contribution in [3.63, 3.8) is 0 Å². The molecule has 0 amide bonds. The summed E-state index contributed by atoms with van der Waals surface area (Å²) in [4.78, 5) is 0. The minimum Gasteiger partial charge on any atom is -0.330 e. The fraction of sp³-hybridized carbons (Fsp3) is 1.00. The maximum Gasteiger partial charge on any atom is 0.00559 e. The highest BCUT2D eigenvalue weighted by Crippen LogP contribution is 2.04. The molecule has 0 rings (SSSR count). The van der Waals surface area contributed by atoms with E-state index in [9.17, 15) is 0 Å². The van der Waals surface area contributed by atoms with E-state index in [1.54, 1.807) is 0 Å². The summed E-state index contributed by atoms with van der Waals surface area (Å²) in [6.45, 7) is 5.27. The van der Waals surface area contributed by atoms with Crippen molar-refractivity contribution in [1.82, 2.24) is 0 Å². The predicted molar refractivity (Wildman–Crippen MR) is 41.2 cm³/mol. The molecule has 0 aliphatic carbocycles. The average Bonchev–Trinajstić information content (AvgIpc) is 1.66. The van der Waals surface area contributed by atoms with Crippen LogP contribution in [0.4, 0.5) is 0 Å². The summed E-state index contributed by atoms with van der Waals surface area (Å²) in [7, 11) is 0. The topological polar surface area (TPSA) is 26.0 Å². The molecule has 0 aromatic carbocycles. The highest BCUT2D eigenvalue weighted by atomic mass is 32.2. The lowest BCUT2D eigenvalue weighted by Gasteiger charge is -2.00. The molecular weight excluding hydrogens is 118 g/mol. The first kappa shape index (κ1) is 8.31. The van der Waals surface area contributed by atoms with Crippen molar-refractivity contribution in [2.45, 2.75) is 13.8 Å². The molecule has 0 unspecified atom stereocenters. The third kappa shape index (κ3) is 6.31. The minimum atomic E-state index is 0.812. The fourth-order valence-electron chi connectivity index (χ4n) is 0.402. The van der Waals surface area contributed by atoms with Crippen LogP contribution in [0.3, 0.4) is 0 Å². The SMILES string of the molecule is CC(C)CSCCN. The van der Waals surface area contributed by atoms with Crippen molar-refractivity contribution < 1.29 is 0 Å². The highest BCUT2D eigenvalue weighted by molar-refractivity contribution is 7.99. The van der Waals surface area contributed by atoms with Crippen LogP contribution in [0.15, 0.2) is 0 Å². The number of rotatable bonds is 4. The lowest BCUT2D eigenvalue weighted by Crippen LogP contribution is -2.03. The molecule has 0 aromatic heterocycles. The minimum absolute atomic E-state index is 0.812. The normalized spacial score (nSPS) is 10.5. The van der Waals surface area contributed by atoms with Crippen molar-refractivity contribution >= 4 is 11.8 Å². The first-order chi connectivity index (χ1) is 3.77. The molecule has 0 atom stereocenters. The van der Waals surface area contributed by atoms with Gasteiger partial charge in [0.15, 0.2) is 0 Å². The molecule has 2 N–H and O–H groups in total. The molecule has 0 aliphatic rings. The summed E-state index contributed by atoms with van der Waals surface area (Å²) in [6.07, 6.45) is 0. The summed E-state index contributed by atoms with van der Waals surface area (Å²) in [5.41, 5.74) is 5.29. The van der Waals surface area contributed by atoms with Crippen LogP contribution in [0.2, 0.25) is 0 Å². The Balaban J connectivity index is 2.72. The Hall–Kier alpha value is 0.310. The second kappa shape index (κ2) is 5.45. The van der Waals surface area contributed by atoms with Crippen molar-refractivity contribution in [2.75, 3.05) is 18.1 Å². The van der Waals surface area contributed by atoms with E-state index in [4.69, 9.17) is 5.73 Å². The van der Waals surface area contributed by atoms with Crippen LogP contribution < -0.4 is 5.73 Å². The van der Waals surface area contributed by atoms with Crippen LogP contribution in [0.5, 0.6) is 0 Å². The lowest BCUT2D eigenvalue weighted by molar-refractivity contribution is 0.750. The Kier molecular flexibility index (Phi) is 5.66. The van der Waals surface area contributed by atoms with E-state index in [1.807, 2.05) is 11.8 Å². The monoisotopic (exact) mass is 133 g/mol. The van der Waals surface area contributed by atoms with Gasteiger partial charge >= 0.3 is 0 Å². The molecule has 1 nitrogen and oxygen atoms in total. The third-order valence-electron chi connectivity index (χ3n) is 0.713. The maximum absolute atomic E-state index is 5.29. The number of thioether (sulfide) groups is 1. The Morgan fingerprint density at radius 1 is 1.50 bits per heavy atom. The van der Waals surface area contributed by atoms with Crippen molar-refractivity contribution in [2.24, 2.45) is 11.7 Å². The second-order valence-corrected chi connectivity index (χ2v) is 3.41. The molecule has 0 bridgehead atoms. The lowest BCUT2D eigenvalue weighted by atomic mass is 10.3. The largest absolute Gasteiger partial charge is 0.330 e. The molecule has 8 heavy (non-hydrogen) atoms. The van der Waals surface area contributed by atoms with Gasteiger partial charge in [-0.1, -0.05) is 13.8 Å². The molecule has 0 aliphatic heterocycles. The quantitative estimate of drug-likeness (QED) is 0.586. The van der Waals surface area contributed by atoms with Gasteiger partial charge in [0.1, 0.15) is 0 Å². The van der Waals surface area contributed by atoms with Crippen LogP contribution in [0.25, 0.3) is 0 Å². The fourth-order valence-corrected chi connectivity index (χ4v) is 1.21. The Bertz CT molecular complexity index is 45.8. The summed E-state index contributed by atoms with van der Waals surface area (Å²) in [6, 6.07) is 0. The number of hydrogen-bond acceptors (Lipinski definition) is 2. The maximum atomic E-state index is 5.29. The first-order valence-corrected chi connectivity index (χ1v) is 4.20. The molecule has 0 heterocycles. The van der Waals surface area contributed by atoms with Gasteiger partial charge in [-0.2, -0.15) is 11.8 Å². The molecular formula is C6H15NS. The van der Waals surface area contributed by atoms with Gasteiger partial charge in [0.2, 0.25) is 0 Å². The van der Waals surface area contributed by atoms with Crippen LogP contribution in [0, 0.1) is 5.92 Å². The van der Waals surface area contributed by atoms with E-state index < -0.39 is 0 Å². The smallest absolute Gasteiger partial charge is 0.00559 e. The van der Waals surface area contributed by atoms with Gasteiger partial charge in [-0.15, -0.1) is 0 Å². The van der Waals surface area contributed by atoms with Gasteiger partial charge < -0.3 is 5.73 Å². The second-order valence-electron chi connectivity index (χ2n) is 2.26. The van der Waals surface area contributed by atoms with E-state index >= 15 is 0 Å². The van der Waals surface area contributed by atoms with Crippen molar-refractivity contribution in [1.29, 1.82) is 0 Å². The highest BCUT2D eigenvalue weighted by Gasteiger charge is 1.90.